The van der Waals surface area contributed by atoms with Crippen molar-refractivity contribution in [2.45, 2.75) is 57.0 Å². The standard InChI is InChI=1S/C22H35N5O.HI/c1-23-22(25-20-14-19-8-9-21(20)28-19)24-15-17-4-6-18(7-5-17)16-27-11-3-10-26(2)12-13-27;/h4-7,19-21H,3,8-16H2,1-2H3,(H2,23,24,25);1H. The summed E-state index contributed by atoms with van der Waals surface area (Å²) in [7, 11) is 4.06. The summed E-state index contributed by atoms with van der Waals surface area (Å²) in [6.45, 7) is 6.58. The van der Waals surface area contributed by atoms with Crippen LogP contribution in [-0.2, 0) is 17.8 Å². The van der Waals surface area contributed by atoms with E-state index >= 15 is 0 Å². The summed E-state index contributed by atoms with van der Waals surface area (Å²) < 4.78 is 5.93. The molecule has 1 aromatic rings. The molecule has 0 saturated carbocycles. The van der Waals surface area contributed by atoms with Crippen molar-refractivity contribution in [2.24, 2.45) is 4.99 Å². The molecule has 3 atom stereocenters. The third-order valence-corrected chi connectivity index (χ3v) is 6.35. The summed E-state index contributed by atoms with van der Waals surface area (Å²) in [6, 6.07) is 9.41. The number of benzene rings is 1. The zero-order valence-electron chi connectivity index (χ0n) is 17.8. The molecule has 1 aromatic carbocycles. The van der Waals surface area contributed by atoms with Crippen LogP contribution in [0.25, 0.3) is 0 Å². The van der Waals surface area contributed by atoms with Crippen LogP contribution >= 0.6 is 24.0 Å². The molecule has 162 valence electrons. The Labute approximate surface area is 192 Å². The van der Waals surface area contributed by atoms with Crippen LogP contribution < -0.4 is 10.6 Å². The van der Waals surface area contributed by atoms with Crippen molar-refractivity contribution in [3.05, 3.63) is 35.4 Å². The quantitative estimate of drug-likeness (QED) is 0.360. The zero-order valence-corrected chi connectivity index (χ0v) is 20.1. The minimum atomic E-state index is 0. The molecule has 3 saturated heterocycles. The highest BCUT2D eigenvalue weighted by Crippen LogP contribution is 2.34. The van der Waals surface area contributed by atoms with Crippen LogP contribution in [-0.4, -0.2) is 74.3 Å². The lowest BCUT2D eigenvalue weighted by molar-refractivity contribution is 0.0992. The van der Waals surface area contributed by atoms with E-state index in [9.17, 15) is 0 Å². The van der Waals surface area contributed by atoms with E-state index < -0.39 is 0 Å². The van der Waals surface area contributed by atoms with E-state index in [1.165, 1.54) is 50.0 Å². The van der Waals surface area contributed by atoms with Gasteiger partial charge in [0, 0.05) is 33.2 Å². The van der Waals surface area contributed by atoms with E-state index in [1.807, 2.05) is 7.05 Å². The minimum absolute atomic E-state index is 0. The molecule has 3 unspecified atom stereocenters. The number of fused-ring (bicyclic) bond motifs is 2. The van der Waals surface area contributed by atoms with Crippen molar-refractivity contribution < 1.29 is 4.74 Å². The molecule has 0 radical (unpaired) electrons. The Balaban J connectivity index is 0.00000240. The molecule has 3 aliphatic rings. The molecular formula is C22H36IN5O. The van der Waals surface area contributed by atoms with Gasteiger partial charge in [0.1, 0.15) is 0 Å². The number of hydrogen-bond donors (Lipinski definition) is 2. The van der Waals surface area contributed by atoms with Gasteiger partial charge in [-0.2, -0.15) is 0 Å². The molecular weight excluding hydrogens is 477 g/mol. The fourth-order valence-corrected chi connectivity index (χ4v) is 4.62. The average molecular weight is 513 g/mol. The van der Waals surface area contributed by atoms with Crippen molar-refractivity contribution in [2.75, 3.05) is 40.3 Å². The Morgan fingerprint density at radius 2 is 1.90 bits per heavy atom. The fraction of sp³-hybridized carbons (Fsp3) is 0.682. The van der Waals surface area contributed by atoms with E-state index in [2.05, 4.69) is 56.7 Å². The fourth-order valence-electron chi connectivity index (χ4n) is 4.62. The Morgan fingerprint density at radius 3 is 2.59 bits per heavy atom. The molecule has 3 aliphatic heterocycles. The van der Waals surface area contributed by atoms with E-state index in [1.54, 1.807) is 0 Å². The Hall–Kier alpha value is -0.900. The molecule has 2 N–H and O–H groups in total. The predicted molar refractivity (Wildman–Crippen MR) is 129 cm³/mol. The summed E-state index contributed by atoms with van der Waals surface area (Å²) in [5, 5.41) is 7.00. The zero-order chi connectivity index (χ0) is 19.3. The second kappa shape index (κ2) is 10.9. The van der Waals surface area contributed by atoms with Gasteiger partial charge < -0.3 is 20.3 Å². The van der Waals surface area contributed by atoms with Crippen LogP contribution in [0.2, 0.25) is 0 Å². The van der Waals surface area contributed by atoms with Gasteiger partial charge >= 0.3 is 0 Å². The first-order valence-corrected chi connectivity index (χ1v) is 10.8. The smallest absolute Gasteiger partial charge is 0.191 e. The highest BCUT2D eigenvalue weighted by molar-refractivity contribution is 14.0. The summed E-state index contributed by atoms with van der Waals surface area (Å²) in [6.07, 6.45) is 5.58. The molecule has 2 bridgehead atoms. The topological polar surface area (TPSA) is 52.1 Å². The van der Waals surface area contributed by atoms with Crippen molar-refractivity contribution in [3.8, 4) is 0 Å². The molecule has 0 aromatic heterocycles. The van der Waals surface area contributed by atoms with Gasteiger partial charge in [-0.1, -0.05) is 24.3 Å². The first kappa shape index (κ1) is 22.8. The third kappa shape index (κ3) is 6.29. The molecule has 4 rings (SSSR count). The van der Waals surface area contributed by atoms with Crippen molar-refractivity contribution in [3.63, 3.8) is 0 Å². The van der Waals surface area contributed by atoms with E-state index in [4.69, 9.17) is 4.74 Å². The van der Waals surface area contributed by atoms with Gasteiger partial charge in [-0.05, 0) is 56.9 Å². The normalized spacial score (nSPS) is 28.1. The Bertz CT molecular complexity index is 668. The Kier molecular flexibility index (Phi) is 8.58. The van der Waals surface area contributed by atoms with Crippen LogP contribution in [0.15, 0.2) is 29.3 Å². The number of ether oxygens (including phenoxy) is 1. The van der Waals surface area contributed by atoms with Crippen LogP contribution in [0.4, 0.5) is 0 Å². The summed E-state index contributed by atoms with van der Waals surface area (Å²) in [5.74, 6) is 0.874. The number of aliphatic imine (C=N–C) groups is 1. The number of hydrogen-bond acceptors (Lipinski definition) is 4. The maximum absolute atomic E-state index is 5.93. The molecule has 7 heteroatoms. The number of nitrogens with zero attached hydrogens (tertiary/aromatic N) is 3. The first-order chi connectivity index (χ1) is 13.7. The lowest BCUT2D eigenvalue weighted by atomic mass is 9.96. The maximum atomic E-state index is 5.93. The summed E-state index contributed by atoms with van der Waals surface area (Å²) in [4.78, 5) is 9.39. The van der Waals surface area contributed by atoms with Gasteiger partial charge in [-0.15, -0.1) is 24.0 Å². The lowest BCUT2D eigenvalue weighted by Gasteiger charge is -2.23. The molecule has 3 heterocycles. The minimum Gasteiger partial charge on any atom is -0.373 e. The van der Waals surface area contributed by atoms with Crippen molar-refractivity contribution in [1.29, 1.82) is 0 Å². The Morgan fingerprint density at radius 1 is 1.10 bits per heavy atom. The van der Waals surface area contributed by atoms with Gasteiger partial charge in [0.15, 0.2) is 5.96 Å². The largest absolute Gasteiger partial charge is 0.373 e. The molecule has 6 nitrogen and oxygen atoms in total. The summed E-state index contributed by atoms with van der Waals surface area (Å²) >= 11 is 0. The maximum Gasteiger partial charge on any atom is 0.191 e. The van der Waals surface area contributed by atoms with Gasteiger partial charge in [0.2, 0.25) is 0 Å². The summed E-state index contributed by atoms with van der Waals surface area (Å²) in [5.41, 5.74) is 2.68. The van der Waals surface area contributed by atoms with Gasteiger partial charge in [-0.25, -0.2) is 0 Å². The highest BCUT2D eigenvalue weighted by atomic mass is 127. The average Bonchev–Trinajstić information content (AvgIpc) is 3.27. The molecule has 3 fully saturated rings. The van der Waals surface area contributed by atoms with Crippen molar-refractivity contribution >= 4 is 29.9 Å². The number of guanidine groups is 1. The SMILES string of the molecule is CN=C(NCc1ccc(CN2CCCN(C)CC2)cc1)NC1CC2CCC1O2.I. The van der Waals surface area contributed by atoms with Crippen LogP contribution in [0.5, 0.6) is 0 Å². The second-order valence-electron chi connectivity index (χ2n) is 8.54. The second-order valence-corrected chi connectivity index (χ2v) is 8.54. The van der Waals surface area contributed by atoms with Crippen molar-refractivity contribution in [1.82, 2.24) is 20.4 Å². The lowest BCUT2D eigenvalue weighted by Crippen LogP contribution is -2.47. The number of halogens is 1. The number of likely N-dealkylation sites (N-methyl/N-ethyl adjacent to an activating group) is 1. The molecule has 0 spiro atoms. The predicted octanol–water partition coefficient (Wildman–Crippen LogP) is 2.43. The van der Waals surface area contributed by atoms with Gasteiger partial charge in [0.05, 0.1) is 18.2 Å². The number of rotatable bonds is 5. The van der Waals surface area contributed by atoms with Crippen LogP contribution in [0, 0.1) is 0 Å². The molecule has 0 amide bonds. The van der Waals surface area contributed by atoms with Crippen LogP contribution in [0.1, 0.15) is 36.8 Å². The van der Waals surface area contributed by atoms with Crippen LogP contribution in [0.3, 0.4) is 0 Å². The van der Waals surface area contributed by atoms with E-state index in [0.29, 0.717) is 18.2 Å². The highest BCUT2D eigenvalue weighted by Gasteiger charge is 2.41. The van der Waals surface area contributed by atoms with E-state index in [-0.39, 0.29) is 24.0 Å². The number of nitrogens with one attached hydrogen (secondary N) is 2. The first-order valence-electron chi connectivity index (χ1n) is 10.8. The van der Waals surface area contributed by atoms with E-state index in [0.717, 1.165) is 32.0 Å². The third-order valence-electron chi connectivity index (χ3n) is 6.35. The van der Waals surface area contributed by atoms with Gasteiger partial charge in [-0.3, -0.25) is 9.89 Å². The monoisotopic (exact) mass is 513 g/mol. The molecule has 0 aliphatic carbocycles. The van der Waals surface area contributed by atoms with Gasteiger partial charge in [0.25, 0.3) is 0 Å². The molecule has 29 heavy (non-hydrogen) atoms.